The average Bonchev–Trinajstić information content (AvgIpc) is 2.99. The normalized spacial score (nSPS) is 16.1. The van der Waals surface area contributed by atoms with Crippen LogP contribution in [-0.2, 0) is 6.42 Å². The third kappa shape index (κ3) is 3.65. The molecule has 1 aliphatic rings. The number of aromatic nitrogens is 1. The van der Waals surface area contributed by atoms with Gasteiger partial charge in [-0.2, -0.15) is 9.78 Å². The molecule has 0 saturated carbocycles. The van der Waals surface area contributed by atoms with Crippen LogP contribution >= 0.6 is 11.3 Å². The van der Waals surface area contributed by atoms with E-state index in [1.807, 2.05) is 42.5 Å². The summed E-state index contributed by atoms with van der Waals surface area (Å²) in [5.41, 5.74) is 4.02. The average molecular weight is 378 g/mol. The van der Waals surface area contributed by atoms with Crippen LogP contribution in [0.15, 0.2) is 75.0 Å². The van der Waals surface area contributed by atoms with Crippen LogP contribution in [-0.4, -0.2) is 15.5 Å². The van der Waals surface area contributed by atoms with Gasteiger partial charge in [0.15, 0.2) is 0 Å². The Kier molecular flexibility index (Phi) is 4.80. The van der Waals surface area contributed by atoms with Gasteiger partial charge in [0, 0.05) is 5.56 Å². The molecule has 0 atom stereocenters. The monoisotopic (exact) mass is 378 g/mol. The van der Waals surface area contributed by atoms with Crippen molar-refractivity contribution in [2.75, 3.05) is 5.84 Å². The van der Waals surface area contributed by atoms with Crippen molar-refractivity contribution in [2.24, 2.45) is 20.4 Å². The van der Waals surface area contributed by atoms with Crippen molar-refractivity contribution < 1.29 is 5.11 Å². The highest BCUT2D eigenvalue weighted by atomic mass is 32.1. The van der Waals surface area contributed by atoms with Gasteiger partial charge >= 0.3 is 0 Å². The zero-order chi connectivity index (χ0) is 18.6. The van der Waals surface area contributed by atoms with Crippen LogP contribution in [0.3, 0.4) is 0 Å². The number of benzene rings is 2. The van der Waals surface area contributed by atoms with Crippen molar-refractivity contribution >= 4 is 27.7 Å². The number of nitrogens with two attached hydrogens (primary N) is 1. The van der Waals surface area contributed by atoms with Crippen molar-refractivity contribution in [2.45, 2.75) is 19.3 Å². The zero-order valence-corrected chi connectivity index (χ0v) is 15.3. The van der Waals surface area contributed by atoms with E-state index in [-0.39, 0.29) is 10.9 Å². The second-order valence-corrected chi connectivity index (χ2v) is 7.03. The van der Waals surface area contributed by atoms with Gasteiger partial charge in [-0.3, -0.25) is 0 Å². The SMILES string of the molecule is Nn1c(O)c(N=Nc2ccccc2)s/c1=N/N=C1\CCCc2ccccc21. The van der Waals surface area contributed by atoms with E-state index >= 15 is 0 Å². The Morgan fingerprint density at radius 1 is 0.926 bits per heavy atom. The quantitative estimate of drug-likeness (QED) is 0.408. The van der Waals surface area contributed by atoms with Gasteiger partial charge in [-0.05, 0) is 37.0 Å². The van der Waals surface area contributed by atoms with Gasteiger partial charge in [-0.15, -0.1) is 15.3 Å². The molecule has 1 heterocycles. The minimum atomic E-state index is -0.192. The molecule has 1 aromatic heterocycles. The Labute approximate surface area is 159 Å². The van der Waals surface area contributed by atoms with E-state index in [1.54, 1.807) is 0 Å². The van der Waals surface area contributed by atoms with E-state index in [9.17, 15) is 5.11 Å². The number of nitrogen functional groups attached to an aromatic ring is 1. The summed E-state index contributed by atoms with van der Waals surface area (Å²) in [7, 11) is 0. The highest BCUT2D eigenvalue weighted by Crippen LogP contribution is 2.30. The first-order valence-corrected chi connectivity index (χ1v) is 9.39. The van der Waals surface area contributed by atoms with Crippen LogP contribution in [0.25, 0.3) is 0 Å². The standard InChI is InChI=1S/C19H18N6OS/c20-25-18(26)17(23-21-14-9-2-1-3-10-14)27-19(25)24-22-16-12-6-8-13-7-4-5-11-15(13)16/h1-5,7,9-11,26H,6,8,12,20H2/b22-16+,23-21?,24-19+. The van der Waals surface area contributed by atoms with Crippen LogP contribution in [0.1, 0.15) is 24.0 Å². The summed E-state index contributed by atoms with van der Waals surface area (Å²) in [5, 5.41) is 27.3. The summed E-state index contributed by atoms with van der Waals surface area (Å²) >= 11 is 1.13. The Morgan fingerprint density at radius 2 is 1.70 bits per heavy atom. The second-order valence-electron chi connectivity index (χ2n) is 6.08. The van der Waals surface area contributed by atoms with Crippen LogP contribution in [0.5, 0.6) is 5.88 Å². The fourth-order valence-electron chi connectivity index (χ4n) is 2.91. The van der Waals surface area contributed by atoms with Crippen molar-refractivity contribution in [1.29, 1.82) is 0 Å². The van der Waals surface area contributed by atoms with Crippen LogP contribution in [0.2, 0.25) is 0 Å². The molecule has 8 heteroatoms. The molecular weight excluding hydrogens is 360 g/mol. The van der Waals surface area contributed by atoms with Gasteiger partial charge in [0.25, 0.3) is 5.88 Å². The predicted molar refractivity (Wildman–Crippen MR) is 106 cm³/mol. The van der Waals surface area contributed by atoms with E-state index in [2.05, 4.69) is 32.6 Å². The number of nitrogens with zero attached hydrogens (tertiary/aromatic N) is 5. The van der Waals surface area contributed by atoms with E-state index in [4.69, 9.17) is 5.84 Å². The lowest BCUT2D eigenvalue weighted by Gasteiger charge is -2.16. The van der Waals surface area contributed by atoms with Gasteiger partial charge in [-0.25, -0.2) is 0 Å². The summed E-state index contributed by atoms with van der Waals surface area (Å²) < 4.78 is 1.07. The van der Waals surface area contributed by atoms with E-state index in [0.29, 0.717) is 10.5 Å². The molecule has 7 nitrogen and oxygen atoms in total. The van der Waals surface area contributed by atoms with Crippen LogP contribution < -0.4 is 10.6 Å². The van der Waals surface area contributed by atoms with Gasteiger partial charge in [0.2, 0.25) is 9.80 Å². The first kappa shape index (κ1) is 17.2. The second kappa shape index (κ2) is 7.55. The number of aryl methyl sites for hydroxylation is 1. The fraction of sp³-hybridized carbons (Fsp3) is 0.158. The van der Waals surface area contributed by atoms with Gasteiger partial charge in [0.1, 0.15) is 0 Å². The fourth-order valence-corrected chi connectivity index (χ4v) is 3.62. The molecule has 27 heavy (non-hydrogen) atoms. The third-order valence-corrected chi connectivity index (χ3v) is 5.19. The minimum absolute atomic E-state index is 0.192. The molecule has 0 amide bonds. The highest BCUT2D eigenvalue weighted by molar-refractivity contribution is 7.13. The molecule has 2 aromatic carbocycles. The number of rotatable bonds is 3. The Balaban J connectivity index is 1.66. The summed E-state index contributed by atoms with van der Waals surface area (Å²) in [6.07, 6.45) is 2.96. The Morgan fingerprint density at radius 3 is 2.56 bits per heavy atom. The lowest BCUT2D eigenvalue weighted by molar-refractivity contribution is 0.436. The molecular formula is C19H18N6OS. The molecule has 0 fully saturated rings. The van der Waals surface area contributed by atoms with E-state index < -0.39 is 0 Å². The summed E-state index contributed by atoms with van der Waals surface area (Å²) in [6, 6.07) is 17.5. The molecule has 0 aliphatic heterocycles. The Bertz CT molecular complexity index is 1080. The number of hydrogen-bond acceptors (Lipinski definition) is 7. The molecule has 0 bridgehead atoms. The molecule has 4 rings (SSSR count). The minimum Gasteiger partial charge on any atom is -0.491 e. The topological polar surface area (TPSA) is 101 Å². The maximum Gasteiger partial charge on any atom is 0.251 e. The van der Waals surface area contributed by atoms with Crippen molar-refractivity contribution in [3.8, 4) is 5.88 Å². The lowest BCUT2D eigenvalue weighted by atomic mass is 9.90. The Hall–Kier alpha value is -3.26. The van der Waals surface area contributed by atoms with Crippen LogP contribution in [0.4, 0.5) is 10.7 Å². The third-order valence-electron chi connectivity index (χ3n) is 4.27. The van der Waals surface area contributed by atoms with Crippen molar-refractivity contribution in [3.63, 3.8) is 0 Å². The number of aromatic hydroxyl groups is 1. The molecule has 136 valence electrons. The maximum atomic E-state index is 10.2. The lowest BCUT2D eigenvalue weighted by Crippen LogP contribution is -2.22. The number of azo groups is 1. The molecule has 0 radical (unpaired) electrons. The van der Waals surface area contributed by atoms with E-state index in [0.717, 1.165) is 46.6 Å². The molecule has 3 N–H and O–H groups in total. The maximum absolute atomic E-state index is 10.2. The number of thiazole rings is 1. The summed E-state index contributed by atoms with van der Waals surface area (Å²) in [6.45, 7) is 0. The highest BCUT2D eigenvalue weighted by Gasteiger charge is 2.15. The molecule has 1 aliphatic carbocycles. The molecule has 0 saturated heterocycles. The summed E-state index contributed by atoms with van der Waals surface area (Å²) in [4.78, 5) is 0.352. The first-order valence-electron chi connectivity index (χ1n) is 8.58. The van der Waals surface area contributed by atoms with Gasteiger partial charge in [-0.1, -0.05) is 53.8 Å². The van der Waals surface area contributed by atoms with Gasteiger partial charge < -0.3 is 10.9 Å². The van der Waals surface area contributed by atoms with Crippen LogP contribution in [0, 0.1) is 0 Å². The smallest absolute Gasteiger partial charge is 0.251 e. The van der Waals surface area contributed by atoms with E-state index in [1.165, 1.54) is 5.56 Å². The first-order chi connectivity index (χ1) is 13.2. The predicted octanol–water partition coefficient (Wildman–Crippen LogP) is 4.03. The number of fused-ring (bicyclic) bond motifs is 1. The largest absolute Gasteiger partial charge is 0.491 e. The summed E-state index contributed by atoms with van der Waals surface area (Å²) in [5.74, 6) is 5.70. The molecule has 0 unspecified atom stereocenters. The zero-order valence-electron chi connectivity index (χ0n) is 14.5. The molecule has 3 aromatic rings. The molecule has 0 spiro atoms. The number of hydrogen-bond donors (Lipinski definition) is 2. The van der Waals surface area contributed by atoms with Crippen molar-refractivity contribution in [1.82, 2.24) is 4.68 Å². The van der Waals surface area contributed by atoms with Crippen molar-refractivity contribution in [3.05, 3.63) is 70.5 Å². The van der Waals surface area contributed by atoms with Gasteiger partial charge in [0.05, 0.1) is 11.4 Å².